The maximum atomic E-state index is 12.0. The molecule has 1 amide bonds. The van der Waals surface area contributed by atoms with E-state index in [1.54, 1.807) is 0 Å². The third kappa shape index (κ3) is 1.97. The fourth-order valence-electron chi connectivity index (χ4n) is 2.38. The second-order valence-corrected chi connectivity index (χ2v) is 4.18. The first kappa shape index (κ1) is 10.4. The number of nitrogens with one attached hydrogen (secondary N) is 1. The zero-order chi connectivity index (χ0) is 10.8. The highest BCUT2D eigenvalue weighted by atomic mass is 16.4. The summed E-state index contributed by atoms with van der Waals surface area (Å²) in [5.74, 6) is -0.906. The van der Waals surface area contributed by atoms with Gasteiger partial charge in [0, 0.05) is 6.54 Å². The molecule has 0 bridgehead atoms. The lowest BCUT2D eigenvalue weighted by Gasteiger charge is -2.24. The summed E-state index contributed by atoms with van der Waals surface area (Å²) in [6, 6.07) is -0.746. The van der Waals surface area contributed by atoms with Crippen molar-refractivity contribution in [3.05, 3.63) is 0 Å². The molecule has 15 heavy (non-hydrogen) atoms. The lowest BCUT2D eigenvalue weighted by atomic mass is 10.1. The number of likely N-dealkylation sites (tertiary alicyclic amines) is 1. The number of rotatable bonds is 2. The summed E-state index contributed by atoms with van der Waals surface area (Å²) in [7, 11) is 0. The van der Waals surface area contributed by atoms with Crippen LogP contribution in [0.25, 0.3) is 0 Å². The van der Waals surface area contributed by atoms with Crippen LogP contribution in [-0.4, -0.2) is 47.1 Å². The molecule has 5 nitrogen and oxygen atoms in total. The van der Waals surface area contributed by atoms with E-state index in [0.29, 0.717) is 13.0 Å². The molecule has 0 aromatic rings. The summed E-state index contributed by atoms with van der Waals surface area (Å²) >= 11 is 0. The third-order valence-electron chi connectivity index (χ3n) is 3.18. The van der Waals surface area contributed by atoms with Gasteiger partial charge in [0.15, 0.2) is 0 Å². The zero-order valence-electron chi connectivity index (χ0n) is 8.61. The highest BCUT2D eigenvalue weighted by Crippen LogP contribution is 2.20. The Morgan fingerprint density at radius 3 is 2.67 bits per heavy atom. The van der Waals surface area contributed by atoms with Crippen molar-refractivity contribution in [2.75, 3.05) is 13.1 Å². The molecule has 0 aromatic carbocycles. The summed E-state index contributed by atoms with van der Waals surface area (Å²) in [6.45, 7) is 1.45. The Balaban J connectivity index is 2.02. The molecule has 0 aliphatic carbocycles. The van der Waals surface area contributed by atoms with Gasteiger partial charge in [-0.3, -0.25) is 4.79 Å². The van der Waals surface area contributed by atoms with Gasteiger partial charge in [0.2, 0.25) is 5.91 Å². The lowest BCUT2D eigenvalue weighted by Crippen LogP contribution is -2.48. The number of carbonyl (C=O) groups is 2. The molecule has 2 atom stereocenters. The van der Waals surface area contributed by atoms with Crippen LogP contribution < -0.4 is 5.32 Å². The van der Waals surface area contributed by atoms with Gasteiger partial charge in [0.1, 0.15) is 6.04 Å². The average Bonchev–Trinajstić information content (AvgIpc) is 2.88. The Morgan fingerprint density at radius 1 is 1.27 bits per heavy atom. The van der Waals surface area contributed by atoms with E-state index in [-0.39, 0.29) is 11.9 Å². The van der Waals surface area contributed by atoms with Crippen molar-refractivity contribution in [2.45, 2.75) is 37.8 Å². The van der Waals surface area contributed by atoms with Gasteiger partial charge in [-0.15, -0.1) is 0 Å². The van der Waals surface area contributed by atoms with Crippen molar-refractivity contribution in [2.24, 2.45) is 0 Å². The Morgan fingerprint density at radius 2 is 2.07 bits per heavy atom. The molecule has 84 valence electrons. The van der Waals surface area contributed by atoms with Crippen LogP contribution in [0, 0.1) is 0 Å². The molecule has 2 N–H and O–H groups in total. The third-order valence-corrected chi connectivity index (χ3v) is 3.18. The molecule has 0 radical (unpaired) electrons. The van der Waals surface area contributed by atoms with Crippen molar-refractivity contribution in [1.82, 2.24) is 10.2 Å². The number of hydrogen-bond donors (Lipinski definition) is 2. The van der Waals surface area contributed by atoms with Gasteiger partial charge in [-0.05, 0) is 32.2 Å². The predicted octanol–water partition coefficient (Wildman–Crippen LogP) is -0.186. The smallest absolute Gasteiger partial charge is 0.326 e. The number of amides is 1. The first-order valence-electron chi connectivity index (χ1n) is 5.47. The molecule has 2 fully saturated rings. The molecular formula is C10H16N2O3. The van der Waals surface area contributed by atoms with Crippen LogP contribution in [0.15, 0.2) is 0 Å². The van der Waals surface area contributed by atoms with E-state index < -0.39 is 12.0 Å². The molecular weight excluding hydrogens is 196 g/mol. The minimum Gasteiger partial charge on any atom is -0.480 e. The van der Waals surface area contributed by atoms with E-state index >= 15 is 0 Å². The summed E-state index contributed by atoms with van der Waals surface area (Å²) in [4.78, 5) is 24.4. The van der Waals surface area contributed by atoms with E-state index in [2.05, 4.69) is 5.32 Å². The normalized spacial score (nSPS) is 30.8. The summed E-state index contributed by atoms with van der Waals surface area (Å²) in [5, 5.41) is 12.1. The topological polar surface area (TPSA) is 69.6 Å². The van der Waals surface area contributed by atoms with E-state index in [9.17, 15) is 9.59 Å². The maximum Gasteiger partial charge on any atom is 0.326 e. The second-order valence-electron chi connectivity index (χ2n) is 4.18. The first-order chi connectivity index (χ1) is 7.20. The highest BCUT2D eigenvalue weighted by Gasteiger charge is 2.37. The number of carboxylic acid groups (broad SMARTS) is 1. The van der Waals surface area contributed by atoms with Crippen molar-refractivity contribution in [1.29, 1.82) is 0 Å². The minimum absolute atomic E-state index is 0.0302. The fraction of sp³-hybridized carbons (Fsp3) is 0.800. The lowest BCUT2D eigenvalue weighted by molar-refractivity contribution is -0.148. The predicted molar refractivity (Wildman–Crippen MR) is 53.4 cm³/mol. The van der Waals surface area contributed by atoms with Crippen LogP contribution in [0.3, 0.4) is 0 Å². The van der Waals surface area contributed by atoms with E-state index in [1.165, 1.54) is 4.90 Å². The standard InChI is InChI=1S/C10H16N2O3/c13-9(7-3-1-5-11-7)12-6-2-4-8(12)10(14)15/h7-8,11H,1-6H2,(H,14,15)/t7-,8+/m1/s1. The average molecular weight is 212 g/mol. The van der Waals surface area contributed by atoms with Gasteiger partial charge in [-0.1, -0.05) is 0 Å². The van der Waals surface area contributed by atoms with Crippen molar-refractivity contribution in [3.63, 3.8) is 0 Å². The van der Waals surface area contributed by atoms with Crippen LogP contribution in [0.4, 0.5) is 0 Å². The number of nitrogens with zero attached hydrogens (tertiary/aromatic N) is 1. The van der Waals surface area contributed by atoms with Crippen LogP contribution in [0.1, 0.15) is 25.7 Å². The van der Waals surface area contributed by atoms with Gasteiger partial charge in [-0.2, -0.15) is 0 Å². The molecule has 0 unspecified atom stereocenters. The van der Waals surface area contributed by atoms with Gasteiger partial charge < -0.3 is 15.3 Å². The SMILES string of the molecule is O=C(O)[C@@H]1CCCN1C(=O)[C@H]1CCCN1. The number of aliphatic carboxylic acids is 1. The Bertz CT molecular complexity index is 274. The van der Waals surface area contributed by atoms with Crippen molar-refractivity contribution in [3.8, 4) is 0 Å². The van der Waals surface area contributed by atoms with Crippen LogP contribution in [0.5, 0.6) is 0 Å². The fourth-order valence-corrected chi connectivity index (χ4v) is 2.38. The summed E-state index contributed by atoms with van der Waals surface area (Å²) < 4.78 is 0. The molecule has 0 aromatic heterocycles. The largest absolute Gasteiger partial charge is 0.480 e. The second kappa shape index (κ2) is 4.18. The van der Waals surface area contributed by atoms with Gasteiger partial charge in [0.25, 0.3) is 0 Å². The van der Waals surface area contributed by atoms with E-state index in [0.717, 1.165) is 25.8 Å². The molecule has 2 rings (SSSR count). The molecule has 0 saturated carbocycles. The Labute approximate surface area is 88.4 Å². The number of carboxylic acids is 1. The minimum atomic E-state index is -0.876. The molecule has 2 aliphatic rings. The number of hydrogen-bond acceptors (Lipinski definition) is 3. The van der Waals surface area contributed by atoms with Gasteiger partial charge in [0.05, 0.1) is 6.04 Å². The van der Waals surface area contributed by atoms with Crippen LogP contribution in [-0.2, 0) is 9.59 Å². The van der Waals surface area contributed by atoms with E-state index in [1.807, 2.05) is 0 Å². The highest BCUT2D eigenvalue weighted by molar-refractivity contribution is 5.87. The molecule has 2 aliphatic heterocycles. The van der Waals surface area contributed by atoms with Gasteiger partial charge >= 0.3 is 5.97 Å². The van der Waals surface area contributed by atoms with Gasteiger partial charge in [-0.25, -0.2) is 4.79 Å². The van der Waals surface area contributed by atoms with E-state index in [4.69, 9.17) is 5.11 Å². The Kier molecular flexibility index (Phi) is 2.90. The van der Waals surface area contributed by atoms with Crippen molar-refractivity contribution < 1.29 is 14.7 Å². The van der Waals surface area contributed by atoms with Crippen molar-refractivity contribution >= 4 is 11.9 Å². The summed E-state index contributed by atoms with van der Waals surface area (Å²) in [5.41, 5.74) is 0. The molecule has 2 saturated heterocycles. The number of carbonyl (C=O) groups excluding carboxylic acids is 1. The Hall–Kier alpha value is -1.10. The molecule has 0 spiro atoms. The zero-order valence-corrected chi connectivity index (χ0v) is 8.61. The maximum absolute atomic E-state index is 12.0. The summed E-state index contributed by atoms with van der Waals surface area (Å²) in [6.07, 6.45) is 3.23. The first-order valence-corrected chi connectivity index (χ1v) is 5.47. The molecule has 5 heteroatoms. The quantitative estimate of drug-likeness (QED) is 0.666. The monoisotopic (exact) mass is 212 g/mol. The molecule has 2 heterocycles. The van der Waals surface area contributed by atoms with Crippen LogP contribution >= 0.6 is 0 Å². The van der Waals surface area contributed by atoms with Crippen LogP contribution in [0.2, 0.25) is 0 Å².